The van der Waals surface area contributed by atoms with Gasteiger partial charge >= 0.3 is 6.09 Å². The minimum Gasteiger partial charge on any atom is -0.465 e. The van der Waals surface area contributed by atoms with Crippen LogP contribution in [0.15, 0.2) is 48.9 Å². The van der Waals surface area contributed by atoms with E-state index in [4.69, 9.17) is 9.47 Å². The van der Waals surface area contributed by atoms with Crippen molar-refractivity contribution in [3.05, 3.63) is 77.1 Å². The van der Waals surface area contributed by atoms with Gasteiger partial charge in [-0.15, -0.1) is 0 Å². The maximum absolute atomic E-state index is 15.9. The molecule has 11 nitrogen and oxygen atoms in total. The van der Waals surface area contributed by atoms with E-state index >= 15 is 4.39 Å². The number of aryl methyl sites for hydroxylation is 1. The predicted molar refractivity (Wildman–Crippen MR) is 152 cm³/mol. The maximum atomic E-state index is 15.9. The van der Waals surface area contributed by atoms with Crippen LogP contribution < -0.4 is 5.32 Å². The molecule has 12 heteroatoms. The van der Waals surface area contributed by atoms with Crippen molar-refractivity contribution in [1.82, 2.24) is 19.1 Å². The SMILES string of the molecule is CC(=O)c1cc(C(=O)Nc2cc(COC3CCCCO3)cc(-c3cnn(C)c3)c2F)c2cc(CN(C)C(=O)O)ccn12. The van der Waals surface area contributed by atoms with Gasteiger partial charge in [0.2, 0.25) is 0 Å². The van der Waals surface area contributed by atoms with E-state index in [1.165, 1.54) is 32.3 Å². The Morgan fingerprint density at radius 2 is 2.02 bits per heavy atom. The van der Waals surface area contributed by atoms with Gasteiger partial charge in [0.25, 0.3) is 5.91 Å². The number of nitrogens with one attached hydrogen (secondary N) is 1. The summed E-state index contributed by atoms with van der Waals surface area (Å²) in [6.07, 6.45) is 6.12. The van der Waals surface area contributed by atoms with Crippen LogP contribution in [0.2, 0.25) is 0 Å². The van der Waals surface area contributed by atoms with Crippen LogP contribution in [0.5, 0.6) is 0 Å². The Morgan fingerprint density at radius 3 is 2.69 bits per heavy atom. The number of benzene rings is 1. The molecular formula is C30H32FN5O6. The van der Waals surface area contributed by atoms with E-state index in [1.807, 2.05) is 0 Å². The van der Waals surface area contributed by atoms with Crippen molar-refractivity contribution in [3.63, 3.8) is 0 Å². The summed E-state index contributed by atoms with van der Waals surface area (Å²) in [6.45, 7) is 2.22. The molecule has 1 aliphatic heterocycles. The van der Waals surface area contributed by atoms with Gasteiger partial charge in [-0.05, 0) is 60.7 Å². The number of rotatable bonds is 9. The summed E-state index contributed by atoms with van der Waals surface area (Å²) in [5.41, 5.74) is 2.74. The predicted octanol–water partition coefficient (Wildman–Crippen LogP) is 5.09. The van der Waals surface area contributed by atoms with E-state index in [0.717, 1.165) is 24.2 Å². The van der Waals surface area contributed by atoms with E-state index in [2.05, 4.69) is 10.4 Å². The van der Waals surface area contributed by atoms with Crippen LogP contribution in [0.25, 0.3) is 16.6 Å². The first kappa shape index (κ1) is 29.0. The Balaban J connectivity index is 1.50. The Kier molecular flexibility index (Phi) is 8.36. The molecule has 3 aromatic heterocycles. The lowest BCUT2D eigenvalue weighted by Crippen LogP contribution is -2.24. The van der Waals surface area contributed by atoms with Gasteiger partial charge in [0.05, 0.1) is 35.3 Å². The van der Waals surface area contributed by atoms with Gasteiger partial charge in [-0.25, -0.2) is 9.18 Å². The summed E-state index contributed by atoms with van der Waals surface area (Å²) in [6, 6.07) is 7.96. The summed E-state index contributed by atoms with van der Waals surface area (Å²) in [7, 11) is 3.16. The molecule has 4 heterocycles. The highest BCUT2D eigenvalue weighted by Crippen LogP contribution is 2.31. The van der Waals surface area contributed by atoms with Crippen molar-refractivity contribution in [2.24, 2.45) is 7.05 Å². The Bertz CT molecular complexity index is 1660. The molecule has 1 fully saturated rings. The van der Waals surface area contributed by atoms with E-state index < -0.39 is 17.8 Å². The third-order valence-electron chi connectivity index (χ3n) is 7.16. The number of amides is 2. The molecule has 1 aliphatic rings. The van der Waals surface area contributed by atoms with Crippen LogP contribution in [-0.2, 0) is 29.7 Å². The lowest BCUT2D eigenvalue weighted by Gasteiger charge is -2.23. The van der Waals surface area contributed by atoms with Crippen molar-refractivity contribution >= 4 is 29.0 Å². The molecule has 0 bridgehead atoms. The molecule has 0 aliphatic carbocycles. The molecule has 1 atom stereocenters. The fourth-order valence-corrected chi connectivity index (χ4v) is 4.98. The molecule has 5 rings (SSSR count). The van der Waals surface area contributed by atoms with Gasteiger partial charge in [0, 0.05) is 57.7 Å². The molecule has 1 aromatic carbocycles. The quantitative estimate of drug-likeness (QED) is 0.265. The number of hydrogen-bond acceptors (Lipinski definition) is 6. The van der Waals surface area contributed by atoms with Crippen molar-refractivity contribution in [1.29, 1.82) is 0 Å². The number of fused-ring (bicyclic) bond motifs is 1. The highest BCUT2D eigenvalue weighted by Gasteiger charge is 2.22. The fraction of sp³-hybridized carbons (Fsp3) is 0.333. The van der Waals surface area contributed by atoms with Crippen molar-refractivity contribution in [2.75, 3.05) is 19.0 Å². The van der Waals surface area contributed by atoms with Gasteiger partial charge in [0.1, 0.15) is 0 Å². The Labute approximate surface area is 241 Å². The molecular weight excluding hydrogens is 545 g/mol. The zero-order valence-electron chi connectivity index (χ0n) is 23.6. The molecule has 0 spiro atoms. The molecule has 0 saturated carbocycles. The number of nitrogens with zero attached hydrogens (tertiary/aromatic N) is 4. The normalized spacial score (nSPS) is 15.1. The molecule has 4 aromatic rings. The lowest BCUT2D eigenvalue weighted by molar-refractivity contribution is -0.168. The van der Waals surface area contributed by atoms with E-state index in [-0.39, 0.29) is 47.7 Å². The number of Topliss-reactive ketones (excluding diaryl/α,β-unsaturated/α-hetero) is 1. The minimum atomic E-state index is -1.11. The Hall–Kier alpha value is -4.55. The number of carbonyl (C=O) groups is 3. The summed E-state index contributed by atoms with van der Waals surface area (Å²) < 4.78 is 30.6. The number of anilines is 1. The average Bonchev–Trinajstić information content (AvgIpc) is 3.57. The first-order valence-corrected chi connectivity index (χ1v) is 13.6. The van der Waals surface area contributed by atoms with Gasteiger partial charge in [-0.1, -0.05) is 0 Å². The maximum Gasteiger partial charge on any atom is 0.407 e. The third kappa shape index (κ3) is 6.19. The van der Waals surface area contributed by atoms with Crippen molar-refractivity contribution < 1.29 is 33.4 Å². The summed E-state index contributed by atoms with van der Waals surface area (Å²) in [5.74, 6) is -1.55. The number of ketones is 1. The van der Waals surface area contributed by atoms with Crippen LogP contribution in [0.1, 0.15) is 58.2 Å². The highest BCUT2D eigenvalue weighted by atomic mass is 19.1. The van der Waals surface area contributed by atoms with Crippen LogP contribution in [0, 0.1) is 5.82 Å². The first-order chi connectivity index (χ1) is 20.1. The number of pyridine rings is 1. The standard InChI is InChI=1S/C30H32FN5O6/c1-18(37)25-13-23(26-12-19(7-8-36(25)26)15-34(2)30(39)40)29(38)33-24-11-20(17-42-27-6-4-5-9-41-27)10-22(28(24)31)21-14-32-35(3)16-21/h7-8,10-14,16,27H,4-6,9,15,17H2,1-3H3,(H,33,38)(H,39,40). The second-order valence-electron chi connectivity index (χ2n) is 10.4. The number of ether oxygens (including phenoxy) is 2. The van der Waals surface area contributed by atoms with Crippen LogP contribution in [-0.4, -0.2) is 61.9 Å². The van der Waals surface area contributed by atoms with Crippen LogP contribution in [0.3, 0.4) is 0 Å². The summed E-state index contributed by atoms with van der Waals surface area (Å²) in [5, 5.41) is 16.1. The lowest BCUT2D eigenvalue weighted by atomic mass is 10.0. The van der Waals surface area contributed by atoms with Crippen LogP contribution >= 0.6 is 0 Å². The van der Waals surface area contributed by atoms with Crippen molar-refractivity contribution in [2.45, 2.75) is 45.6 Å². The second kappa shape index (κ2) is 12.1. The number of carboxylic acid groups (broad SMARTS) is 1. The average molecular weight is 578 g/mol. The Morgan fingerprint density at radius 1 is 1.21 bits per heavy atom. The van der Waals surface area contributed by atoms with Crippen LogP contribution in [0.4, 0.5) is 14.9 Å². The molecule has 2 N–H and O–H groups in total. The van der Waals surface area contributed by atoms with Gasteiger partial charge in [-0.2, -0.15) is 5.10 Å². The van der Waals surface area contributed by atoms with E-state index in [1.54, 1.807) is 46.7 Å². The molecule has 42 heavy (non-hydrogen) atoms. The molecule has 2 amide bonds. The summed E-state index contributed by atoms with van der Waals surface area (Å²) >= 11 is 0. The second-order valence-corrected chi connectivity index (χ2v) is 10.4. The van der Waals surface area contributed by atoms with E-state index in [0.29, 0.717) is 28.8 Å². The number of aromatic nitrogens is 3. The largest absolute Gasteiger partial charge is 0.465 e. The van der Waals surface area contributed by atoms with E-state index in [9.17, 15) is 19.5 Å². The molecule has 220 valence electrons. The van der Waals surface area contributed by atoms with Gasteiger partial charge < -0.3 is 29.2 Å². The molecule has 0 radical (unpaired) electrons. The number of carbonyl (C=O) groups excluding carboxylic acids is 2. The van der Waals surface area contributed by atoms with Gasteiger partial charge in [0.15, 0.2) is 17.9 Å². The summed E-state index contributed by atoms with van der Waals surface area (Å²) in [4.78, 5) is 38.5. The monoisotopic (exact) mass is 577 g/mol. The van der Waals surface area contributed by atoms with Gasteiger partial charge in [-0.3, -0.25) is 14.3 Å². The fourth-order valence-electron chi connectivity index (χ4n) is 4.98. The number of hydrogen-bond donors (Lipinski definition) is 2. The molecule has 1 unspecified atom stereocenters. The molecule has 1 saturated heterocycles. The first-order valence-electron chi connectivity index (χ1n) is 13.6. The van der Waals surface area contributed by atoms with Crippen molar-refractivity contribution in [3.8, 4) is 11.1 Å². The zero-order chi connectivity index (χ0) is 30.0. The third-order valence-corrected chi connectivity index (χ3v) is 7.16. The minimum absolute atomic E-state index is 0.0602. The topological polar surface area (TPSA) is 127 Å². The zero-order valence-corrected chi connectivity index (χ0v) is 23.6. The number of halogens is 1. The smallest absolute Gasteiger partial charge is 0.407 e. The highest BCUT2D eigenvalue weighted by molar-refractivity contribution is 6.11.